The van der Waals surface area contributed by atoms with Gasteiger partial charge in [0.15, 0.2) is 6.61 Å². The highest BCUT2D eigenvalue weighted by atomic mass is 32.1. The lowest BCUT2D eigenvalue weighted by Crippen LogP contribution is -2.28. The fraction of sp³-hybridized carbons (Fsp3) is 0.455. The van der Waals surface area contributed by atoms with Crippen LogP contribution in [0.1, 0.15) is 47.4 Å². The minimum atomic E-state index is -0.609. The molecule has 2 aliphatic rings. The van der Waals surface area contributed by atoms with Crippen LogP contribution in [0.5, 0.6) is 0 Å². The van der Waals surface area contributed by atoms with Gasteiger partial charge in [-0.3, -0.25) is 14.4 Å². The molecule has 1 aliphatic heterocycles. The van der Waals surface area contributed by atoms with Gasteiger partial charge in [-0.05, 0) is 43.4 Å². The number of likely N-dealkylation sites (tertiary alicyclic amines) is 1. The zero-order chi connectivity index (χ0) is 21.8. The molecular formula is C22H23N3O5S. The summed E-state index contributed by atoms with van der Waals surface area (Å²) in [6, 6.07) is 5.72. The van der Waals surface area contributed by atoms with Crippen molar-refractivity contribution >= 4 is 34.1 Å². The Kier molecular flexibility index (Phi) is 6.37. The zero-order valence-corrected chi connectivity index (χ0v) is 17.8. The number of ether oxygens (including phenoxy) is 1. The normalized spacial score (nSPS) is 18.2. The van der Waals surface area contributed by atoms with E-state index in [1.54, 1.807) is 17.0 Å². The number of nitriles is 1. The van der Waals surface area contributed by atoms with Crippen LogP contribution in [0.15, 0.2) is 22.8 Å². The number of carbonyl (C=O) groups is 3. The van der Waals surface area contributed by atoms with Crippen molar-refractivity contribution in [3.05, 3.63) is 40.2 Å². The Labute approximate surface area is 183 Å². The summed E-state index contributed by atoms with van der Waals surface area (Å²) >= 11 is 1.43. The summed E-state index contributed by atoms with van der Waals surface area (Å²) in [7, 11) is 0. The van der Waals surface area contributed by atoms with E-state index in [9.17, 15) is 19.6 Å². The Hall–Kier alpha value is -3.12. The van der Waals surface area contributed by atoms with Crippen LogP contribution in [-0.4, -0.2) is 35.8 Å². The Bertz CT molecular complexity index is 1020. The highest BCUT2D eigenvalue weighted by Crippen LogP contribution is 2.37. The Morgan fingerprint density at radius 2 is 2.16 bits per heavy atom. The number of amides is 2. The number of nitrogens with zero attached hydrogens (tertiary/aromatic N) is 2. The minimum absolute atomic E-state index is 0.0530. The number of rotatable bonds is 6. The van der Waals surface area contributed by atoms with E-state index >= 15 is 0 Å². The standard InChI is InChI=1S/C22H23N3O5S/c23-10-17-16-6-2-1-3-7-18(16)31-21(17)24-19(26)13-30-22(28)14-9-20(27)25(11-14)12-15-5-4-8-29-15/h4-5,8,14H,1-3,6-7,9,11-13H2,(H,24,26)/t14-/m1/s1. The second-order valence-corrected chi connectivity index (χ2v) is 8.90. The summed E-state index contributed by atoms with van der Waals surface area (Å²) < 4.78 is 10.4. The summed E-state index contributed by atoms with van der Waals surface area (Å²) in [5.41, 5.74) is 1.56. The van der Waals surface area contributed by atoms with Gasteiger partial charge in [0, 0.05) is 17.8 Å². The van der Waals surface area contributed by atoms with E-state index in [0.29, 0.717) is 22.9 Å². The van der Waals surface area contributed by atoms with Gasteiger partial charge in [-0.2, -0.15) is 5.26 Å². The molecule has 0 bridgehead atoms. The highest BCUT2D eigenvalue weighted by Gasteiger charge is 2.36. The number of aryl methyl sites for hydroxylation is 1. The van der Waals surface area contributed by atoms with E-state index in [0.717, 1.165) is 42.5 Å². The molecule has 0 spiro atoms. The molecule has 1 saturated heterocycles. The SMILES string of the molecule is N#Cc1c(NC(=O)COC(=O)[C@@H]2CC(=O)N(Cc3ccco3)C2)sc2c1CCCCC2. The van der Waals surface area contributed by atoms with Crippen LogP contribution in [0.2, 0.25) is 0 Å². The van der Waals surface area contributed by atoms with Gasteiger partial charge in [-0.1, -0.05) is 6.42 Å². The number of carbonyl (C=O) groups excluding carboxylic acids is 3. The number of anilines is 1. The summed E-state index contributed by atoms with van der Waals surface area (Å²) in [4.78, 5) is 39.6. The predicted molar refractivity (Wildman–Crippen MR) is 112 cm³/mol. The average molecular weight is 442 g/mol. The number of nitrogens with one attached hydrogen (secondary N) is 1. The van der Waals surface area contributed by atoms with Gasteiger partial charge >= 0.3 is 5.97 Å². The van der Waals surface area contributed by atoms with Crippen LogP contribution >= 0.6 is 11.3 Å². The average Bonchev–Trinajstić information content (AvgIpc) is 3.43. The third-order valence-corrected chi connectivity index (χ3v) is 6.81. The fourth-order valence-electron chi connectivity index (χ4n) is 4.04. The molecule has 2 aromatic rings. The van der Waals surface area contributed by atoms with Crippen molar-refractivity contribution in [3.8, 4) is 6.07 Å². The van der Waals surface area contributed by atoms with Gasteiger partial charge in [0.05, 0.1) is 24.3 Å². The van der Waals surface area contributed by atoms with E-state index in [2.05, 4.69) is 11.4 Å². The molecule has 0 unspecified atom stereocenters. The molecule has 0 aromatic carbocycles. The van der Waals surface area contributed by atoms with Crippen LogP contribution in [0.25, 0.3) is 0 Å². The molecule has 31 heavy (non-hydrogen) atoms. The number of thiophene rings is 1. The lowest BCUT2D eigenvalue weighted by atomic mass is 10.1. The third kappa shape index (κ3) is 4.80. The molecule has 8 nitrogen and oxygen atoms in total. The van der Waals surface area contributed by atoms with Crippen molar-refractivity contribution in [2.24, 2.45) is 5.92 Å². The van der Waals surface area contributed by atoms with E-state index in [4.69, 9.17) is 9.15 Å². The Balaban J connectivity index is 1.30. The summed E-state index contributed by atoms with van der Waals surface area (Å²) in [5.74, 6) is -1.18. The number of hydrogen-bond acceptors (Lipinski definition) is 7. The maximum absolute atomic E-state index is 12.4. The first-order chi connectivity index (χ1) is 15.0. The quantitative estimate of drug-likeness (QED) is 0.545. The molecule has 1 aliphatic carbocycles. The smallest absolute Gasteiger partial charge is 0.311 e. The molecule has 1 N–H and O–H groups in total. The third-order valence-electron chi connectivity index (χ3n) is 5.61. The van der Waals surface area contributed by atoms with E-state index in [1.807, 2.05) is 0 Å². The van der Waals surface area contributed by atoms with Gasteiger partial charge in [-0.15, -0.1) is 11.3 Å². The first-order valence-electron chi connectivity index (χ1n) is 10.4. The fourth-order valence-corrected chi connectivity index (χ4v) is 5.30. The van der Waals surface area contributed by atoms with E-state index in [-0.39, 0.29) is 18.9 Å². The van der Waals surface area contributed by atoms with Crippen LogP contribution in [0.3, 0.4) is 0 Å². The van der Waals surface area contributed by atoms with Gasteiger partial charge in [-0.25, -0.2) is 0 Å². The predicted octanol–water partition coefficient (Wildman–Crippen LogP) is 3.01. The van der Waals surface area contributed by atoms with Gasteiger partial charge in [0.2, 0.25) is 5.91 Å². The summed E-state index contributed by atoms with van der Waals surface area (Å²) in [6.45, 7) is 0.0848. The van der Waals surface area contributed by atoms with Crippen molar-refractivity contribution in [3.63, 3.8) is 0 Å². The molecule has 2 amide bonds. The van der Waals surface area contributed by atoms with Gasteiger partial charge in [0.1, 0.15) is 16.8 Å². The molecule has 4 rings (SSSR count). The van der Waals surface area contributed by atoms with Gasteiger partial charge in [0.25, 0.3) is 5.91 Å². The number of fused-ring (bicyclic) bond motifs is 1. The second-order valence-electron chi connectivity index (χ2n) is 7.79. The lowest BCUT2D eigenvalue weighted by molar-refractivity contribution is -0.151. The summed E-state index contributed by atoms with van der Waals surface area (Å²) in [6.07, 6.45) is 6.63. The Morgan fingerprint density at radius 1 is 1.32 bits per heavy atom. The lowest BCUT2D eigenvalue weighted by Gasteiger charge is -2.14. The van der Waals surface area contributed by atoms with Crippen molar-refractivity contribution in [1.29, 1.82) is 5.26 Å². The van der Waals surface area contributed by atoms with E-state index in [1.165, 1.54) is 17.6 Å². The summed E-state index contributed by atoms with van der Waals surface area (Å²) in [5, 5.41) is 12.8. The molecular weight excluding hydrogens is 418 g/mol. The van der Waals surface area contributed by atoms with Crippen molar-refractivity contribution in [2.45, 2.75) is 45.1 Å². The number of furan rings is 1. The van der Waals surface area contributed by atoms with Crippen LogP contribution in [-0.2, 0) is 38.5 Å². The first-order valence-corrected chi connectivity index (χ1v) is 11.2. The highest BCUT2D eigenvalue weighted by molar-refractivity contribution is 7.16. The molecule has 9 heteroatoms. The van der Waals surface area contributed by atoms with E-state index < -0.39 is 24.4 Å². The largest absolute Gasteiger partial charge is 0.467 e. The molecule has 2 aromatic heterocycles. The second kappa shape index (κ2) is 9.35. The Morgan fingerprint density at radius 3 is 2.94 bits per heavy atom. The van der Waals surface area contributed by atoms with Crippen molar-refractivity contribution in [1.82, 2.24) is 4.90 Å². The van der Waals surface area contributed by atoms with Gasteiger partial charge < -0.3 is 19.4 Å². The first kappa shape index (κ1) is 21.1. The molecule has 0 radical (unpaired) electrons. The molecule has 3 heterocycles. The van der Waals surface area contributed by atoms with Crippen LogP contribution in [0, 0.1) is 17.2 Å². The molecule has 1 atom stereocenters. The molecule has 0 saturated carbocycles. The van der Waals surface area contributed by atoms with Crippen molar-refractivity contribution in [2.75, 3.05) is 18.5 Å². The number of esters is 1. The maximum atomic E-state index is 12.4. The maximum Gasteiger partial charge on any atom is 0.311 e. The topological polar surface area (TPSA) is 113 Å². The minimum Gasteiger partial charge on any atom is -0.467 e. The monoisotopic (exact) mass is 441 g/mol. The van der Waals surface area contributed by atoms with Crippen molar-refractivity contribution < 1.29 is 23.5 Å². The van der Waals surface area contributed by atoms with Crippen LogP contribution < -0.4 is 5.32 Å². The van der Waals surface area contributed by atoms with Crippen LogP contribution in [0.4, 0.5) is 5.00 Å². The molecule has 162 valence electrons. The zero-order valence-electron chi connectivity index (χ0n) is 17.0. The molecule has 1 fully saturated rings. The number of hydrogen-bond donors (Lipinski definition) is 1.